The van der Waals surface area contributed by atoms with E-state index in [2.05, 4.69) is 4.74 Å². The molecular formula is C9H12O4. The molecule has 0 aromatic carbocycles. The van der Waals surface area contributed by atoms with Crippen LogP contribution >= 0.6 is 0 Å². The van der Waals surface area contributed by atoms with E-state index in [4.69, 9.17) is 9.59 Å². The smallest absolute Gasteiger partial charge is 0.373 e. The number of methoxy groups -OCH3 is 1. The van der Waals surface area contributed by atoms with Crippen molar-refractivity contribution in [1.82, 2.24) is 0 Å². The Morgan fingerprint density at radius 3 is 2.31 bits per heavy atom. The third kappa shape index (κ3) is 17.9. The molecular weight excluding hydrogens is 172 g/mol. The minimum Gasteiger partial charge on any atom is -0.466 e. The molecule has 0 spiro atoms. The molecule has 0 unspecified atom stereocenters. The topological polar surface area (TPSA) is 60.4 Å². The molecule has 0 fully saturated rings. The largest absolute Gasteiger partial charge is 0.466 e. The molecule has 0 aliphatic carbocycles. The Balaban J connectivity index is 0. The van der Waals surface area contributed by atoms with Gasteiger partial charge in [-0.25, -0.2) is 4.79 Å². The van der Waals surface area contributed by atoms with Gasteiger partial charge in [0.15, 0.2) is 0 Å². The van der Waals surface area contributed by atoms with Gasteiger partial charge < -0.3 is 4.74 Å². The first-order chi connectivity index (χ1) is 6.22. The van der Waals surface area contributed by atoms with Crippen LogP contribution in [0.15, 0.2) is 24.3 Å². The van der Waals surface area contributed by atoms with Gasteiger partial charge in [0.1, 0.15) is 0 Å². The second-order valence-electron chi connectivity index (χ2n) is 1.81. The van der Waals surface area contributed by atoms with Gasteiger partial charge in [-0.3, -0.25) is 0 Å². The quantitative estimate of drug-likeness (QED) is 0.374. The molecule has 72 valence electrons. The van der Waals surface area contributed by atoms with Crippen LogP contribution in [0.3, 0.4) is 0 Å². The molecule has 0 radical (unpaired) electrons. The van der Waals surface area contributed by atoms with Gasteiger partial charge >= 0.3 is 12.1 Å². The van der Waals surface area contributed by atoms with E-state index < -0.39 is 0 Å². The van der Waals surface area contributed by atoms with Crippen molar-refractivity contribution in [3.63, 3.8) is 0 Å². The Morgan fingerprint density at radius 1 is 1.38 bits per heavy atom. The molecule has 0 aromatic rings. The van der Waals surface area contributed by atoms with Crippen LogP contribution in [-0.2, 0) is 19.1 Å². The summed E-state index contributed by atoms with van der Waals surface area (Å²) in [6.45, 7) is 1.94. The fourth-order valence-corrected chi connectivity index (χ4v) is 0.447. The van der Waals surface area contributed by atoms with E-state index in [-0.39, 0.29) is 12.1 Å². The molecule has 4 nitrogen and oxygen atoms in total. The molecule has 0 heterocycles. The van der Waals surface area contributed by atoms with Crippen molar-refractivity contribution < 1.29 is 19.1 Å². The molecule has 0 saturated carbocycles. The fourth-order valence-electron chi connectivity index (χ4n) is 0.447. The molecule has 13 heavy (non-hydrogen) atoms. The van der Waals surface area contributed by atoms with Crippen molar-refractivity contribution in [3.05, 3.63) is 24.3 Å². The van der Waals surface area contributed by atoms with E-state index >= 15 is 0 Å². The van der Waals surface area contributed by atoms with Crippen LogP contribution in [0.25, 0.3) is 0 Å². The second kappa shape index (κ2) is 13.0. The zero-order valence-corrected chi connectivity index (χ0v) is 7.65. The SMILES string of the molecule is C/C=C/C/C=C/C(=O)OC.O=C=O. The number of hydrogen-bond donors (Lipinski definition) is 0. The molecule has 4 heteroatoms. The van der Waals surface area contributed by atoms with Crippen LogP contribution in [0.4, 0.5) is 0 Å². The second-order valence-corrected chi connectivity index (χ2v) is 1.81. The average Bonchev–Trinajstić information content (AvgIpc) is 2.13. The Bertz CT molecular complexity index is 210. The van der Waals surface area contributed by atoms with E-state index in [0.29, 0.717) is 0 Å². The average molecular weight is 184 g/mol. The highest BCUT2D eigenvalue weighted by Crippen LogP contribution is 1.86. The summed E-state index contributed by atoms with van der Waals surface area (Å²) in [5, 5.41) is 0. The summed E-state index contributed by atoms with van der Waals surface area (Å²) in [5.74, 6) is -0.301. The maximum absolute atomic E-state index is 10.4. The summed E-state index contributed by atoms with van der Waals surface area (Å²) in [6.07, 6.45) is 8.10. The van der Waals surface area contributed by atoms with Gasteiger partial charge in [0.25, 0.3) is 0 Å². The normalized spacial score (nSPS) is 9.08. The monoisotopic (exact) mass is 184 g/mol. The third-order valence-electron chi connectivity index (χ3n) is 0.963. The van der Waals surface area contributed by atoms with Gasteiger partial charge in [0, 0.05) is 6.08 Å². The number of rotatable bonds is 3. The van der Waals surface area contributed by atoms with Gasteiger partial charge in [-0.1, -0.05) is 18.2 Å². The van der Waals surface area contributed by atoms with Crippen molar-refractivity contribution in [2.24, 2.45) is 0 Å². The molecule has 0 bridgehead atoms. The van der Waals surface area contributed by atoms with E-state index in [9.17, 15) is 4.79 Å². The first-order valence-electron chi connectivity index (χ1n) is 3.57. The first kappa shape index (κ1) is 13.9. The Labute approximate surface area is 76.9 Å². The number of carbonyl (C=O) groups is 1. The van der Waals surface area contributed by atoms with E-state index in [0.717, 1.165) is 6.42 Å². The predicted octanol–water partition coefficient (Wildman–Crippen LogP) is 1.10. The summed E-state index contributed by atoms with van der Waals surface area (Å²) in [4.78, 5) is 26.7. The van der Waals surface area contributed by atoms with Gasteiger partial charge in [-0.2, -0.15) is 9.59 Å². The summed E-state index contributed by atoms with van der Waals surface area (Å²) in [7, 11) is 1.36. The number of allylic oxidation sites excluding steroid dienone is 3. The lowest BCUT2D eigenvalue weighted by Gasteiger charge is -1.86. The van der Waals surface area contributed by atoms with Crippen LogP contribution < -0.4 is 0 Å². The van der Waals surface area contributed by atoms with Crippen LogP contribution in [0.1, 0.15) is 13.3 Å². The lowest BCUT2D eigenvalue weighted by molar-refractivity contribution is -0.191. The molecule has 0 aromatic heterocycles. The van der Waals surface area contributed by atoms with Crippen LogP contribution in [0.5, 0.6) is 0 Å². The van der Waals surface area contributed by atoms with Crippen molar-refractivity contribution in [3.8, 4) is 0 Å². The lowest BCUT2D eigenvalue weighted by atomic mass is 10.3. The van der Waals surface area contributed by atoms with E-state index in [1.54, 1.807) is 6.08 Å². The van der Waals surface area contributed by atoms with Crippen molar-refractivity contribution >= 4 is 12.1 Å². The molecule has 0 aliphatic heterocycles. The molecule has 0 rings (SSSR count). The predicted molar refractivity (Wildman–Crippen MR) is 45.6 cm³/mol. The molecule has 0 N–H and O–H groups in total. The molecule has 0 aliphatic rings. The van der Waals surface area contributed by atoms with Gasteiger partial charge in [-0.05, 0) is 13.3 Å². The maximum atomic E-state index is 10.4. The fraction of sp³-hybridized carbons (Fsp3) is 0.333. The number of esters is 1. The maximum Gasteiger partial charge on any atom is 0.373 e. The van der Waals surface area contributed by atoms with Crippen molar-refractivity contribution in [2.45, 2.75) is 13.3 Å². The third-order valence-corrected chi connectivity index (χ3v) is 0.963. The molecule has 0 atom stereocenters. The summed E-state index contributed by atoms with van der Waals surface area (Å²) < 4.78 is 4.38. The van der Waals surface area contributed by atoms with Gasteiger partial charge in [-0.15, -0.1) is 0 Å². The van der Waals surface area contributed by atoms with Gasteiger partial charge in [0.05, 0.1) is 7.11 Å². The van der Waals surface area contributed by atoms with Crippen molar-refractivity contribution in [2.75, 3.05) is 7.11 Å². The highest BCUT2D eigenvalue weighted by molar-refractivity contribution is 5.81. The Kier molecular flexibility index (Phi) is 13.8. The lowest BCUT2D eigenvalue weighted by Crippen LogP contribution is -1.92. The van der Waals surface area contributed by atoms with Crippen LogP contribution in [0, 0.1) is 0 Å². The first-order valence-corrected chi connectivity index (χ1v) is 3.57. The van der Waals surface area contributed by atoms with Crippen LogP contribution in [-0.4, -0.2) is 19.2 Å². The summed E-state index contributed by atoms with van der Waals surface area (Å²) in [6, 6.07) is 0. The number of carbonyl (C=O) groups excluding carboxylic acids is 3. The Morgan fingerprint density at radius 2 is 1.92 bits per heavy atom. The van der Waals surface area contributed by atoms with E-state index in [1.807, 2.05) is 19.1 Å². The van der Waals surface area contributed by atoms with Gasteiger partial charge in [0.2, 0.25) is 0 Å². The zero-order chi connectivity index (χ0) is 10.5. The highest BCUT2D eigenvalue weighted by atomic mass is 16.5. The Hall–Kier alpha value is -1.67. The van der Waals surface area contributed by atoms with E-state index in [1.165, 1.54) is 13.2 Å². The standard InChI is InChI=1S/C8H12O2.CO2/c1-3-4-5-6-7-8(9)10-2;2-1-3/h3-4,6-7H,5H2,1-2H3;/b4-3+,7-6+;. The molecule has 0 saturated heterocycles. The summed E-state index contributed by atoms with van der Waals surface area (Å²) in [5.41, 5.74) is 0. The molecule has 0 amide bonds. The minimum atomic E-state index is -0.301. The summed E-state index contributed by atoms with van der Waals surface area (Å²) >= 11 is 0. The minimum absolute atomic E-state index is 0.250. The highest BCUT2D eigenvalue weighted by Gasteiger charge is 1.86. The zero-order valence-electron chi connectivity index (χ0n) is 7.65. The number of ether oxygens (including phenoxy) is 1. The number of hydrogen-bond acceptors (Lipinski definition) is 4. The van der Waals surface area contributed by atoms with Crippen LogP contribution in [0.2, 0.25) is 0 Å². The van der Waals surface area contributed by atoms with Crippen molar-refractivity contribution in [1.29, 1.82) is 0 Å².